The van der Waals surface area contributed by atoms with Gasteiger partial charge in [-0.15, -0.1) is 10.2 Å². The van der Waals surface area contributed by atoms with E-state index in [1.54, 1.807) is 24.3 Å². The molecule has 152 valence electrons. The molecule has 6 nitrogen and oxygen atoms in total. The predicted octanol–water partition coefficient (Wildman–Crippen LogP) is 4.26. The Bertz CT molecular complexity index is 1100. The van der Waals surface area contributed by atoms with Crippen LogP contribution in [0.15, 0.2) is 59.5 Å². The smallest absolute Gasteiger partial charge is 0.264 e. The summed E-state index contributed by atoms with van der Waals surface area (Å²) in [6.45, 7) is 4.56. The molecular formula is C20H19F2N3O3S. The molecule has 3 aromatic rings. The first-order valence-corrected chi connectivity index (χ1v) is 10.3. The van der Waals surface area contributed by atoms with Gasteiger partial charge < -0.3 is 4.74 Å². The molecule has 0 saturated carbocycles. The summed E-state index contributed by atoms with van der Waals surface area (Å²) >= 11 is 0. The number of nitrogens with one attached hydrogen (secondary N) is 1. The van der Waals surface area contributed by atoms with Crippen molar-refractivity contribution in [3.8, 4) is 17.1 Å². The Morgan fingerprint density at radius 2 is 1.83 bits per heavy atom. The van der Waals surface area contributed by atoms with Crippen molar-refractivity contribution < 1.29 is 21.9 Å². The van der Waals surface area contributed by atoms with E-state index < -0.39 is 26.6 Å². The van der Waals surface area contributed by atoms with E-state index in [2.05, 4.69) is 14.9 Å². The van der Waals surface area contributed by atoms with E-state index in [9.17, 15) is 17.2 Å². The Balaban J connectivity index is 1.80. The first kappa shape index (κ1) is 20.7. The van der Waals surface area contributed by atoms with E-state index >= 15 is 0 Å². The number of sulfonamides is 1. The highest BCUT2D eigenvalue weighted by molar-refractivity contribution is 7.92. The molecule has 0 aliphatic heterocycles. The highest BCUT2D eigenvalue weighted by Crippen LogP contribution is 2.24. The SMILES string of the molecule is CC(C)COc1ccc(-c2cccc(NS(=O)(=O)c3ccc(F)cc3F)c2)nn1. The fourth-order valence-corrected chi connectivity index (χ4v) is 3.56. The highest BCUT2D eigenvalue weighted by atomic mass is 32.2. The lowest BCUT2D eigenvalue weighted by Gasteiger charge is -2.10. The number of nitrogens with zero attached hydrogens (tertiary/aromatic N) is 2. The summed E-state index contributed by atoms with van der Waals surface area (Å²) in [5.74, 6) is -1.28. The minimum Gasteiger partial charge on any atom is -0.476 e. The molecule has 0 bridgehead atoms. The zero-order valence-electron chi connectivity index (χ0n) is 15.8. The van der Waals surface area contributed by atoms with Gasteiger partial charge in [0.1, 0.15) is 16.5 Å². The van der Waals surface area contributed by atoms with Crippen molar-refractivity contribution in [1.82, 2.24) is 10.2 Å². The maximum atomic E-state index is 13.9. The van der Waals surface area contributed by atoms with Gasteiger partial charge in [-0.05, 0) is 36.2 Å². The molecule has 2 aromatic carbocycles. The van der Waals surface area contributed by atoms with E-state index in [0.29, 0.717) is 35.7 Å². The van der Waals surface area contributed by atoms with Crippen molar-refractivity contribution in [3.05, 3.63) is 66.2 Å². The van der Waals surface area contributed by atoms with E-state index in [0.717, 1.165) is 12.1 Å². The number of hydrogen-bond donors (Lipinski definition) is 1. The molecule has 0 fully saturated rings. The number of benzene rings is 2. The zero-order valence-corrected chi connectivity index (χ0v) is 16.6. The molecule has 0 radical (unpaired) electrons. The fourth-order valence-electron chi connectivity index (χ4n) is 2.45. The second-order valence-corrected chi connectivity index (χ2v) is 8.37. The van der Waals surface area contributed by atoms with Gasteiger partial charge in [-0.2, -0.15) is 0 Å². The summed E-state index contributed by atoms with van der Waals surface area (Å²) in [7, 11) is -4.23. The standard InChI is InChI=1S/C20H19F2N3O3S/c1-13(2)12-28-20-9-7-18(23-24-20)14-4-3-5-16(10-14)25-29(26,27)19-8-6-15(21)11-17(19)22/h3-11,13,25H,12H2,1-2H3. The fraction of sp³-hybridized carbons (Fsp3) is 0.200. The van der Waals surface area contributed by atoms with Gasteiger partial charge >= 0.3 is 0 Å². The largest absolute Gasteiger partial charge is 0.476 e. The van der Waals surface area contributed by atoms with Crippen molar-refractivity contribution in [3.63, 3.8) is 0 Å². The average Bonchev–Trinajstić information content (AvgIpc) is 2.66. The van der Waals surface area contributed by atoms with Crippen LogP contribution in [0.1, 0.15) is 13.8 Å². The molecule has 1 aromatic heterocycles. The monoisotopic (exact) mass is 419 g/mol. The lowest BCUT2D eigenvalue weighted by atomic mass is 10.1. The van der Waals surface area contributed by atoms with Gasteiger partial charge in [-0.3, -0.25) is 4.72 Å². The maximum Gasteiger partial charge on any atom is 0.264 e. The van der Waals surface area contributed by atoms with Gasteiger partial charge in [0.05, 0.1) is 12.3 Å². The number of anilines is 1. The predicted molar refractivity (Wildman–Crippen MR) is 105 cm³/mol. The Labute approximate surface area is 167 Å². The molecule has 0 aliphatic carbocycles. The lowest BCUT2D eigenvalue weighted by molar-refractivity contribution is 0.258. The Kier molecular flexibility index (Phi) is 6.07. The van der Waals surface area contributed by atoms with Crippen LogP contribution in [0.4, 0.5) is 14.5 Å². The topological polar surface area (TPSA) is 81.2 Å². The average molecular weight is 419 g/mol. The van der Waals surface area contributed by atoms with E-state index in [4.69, 9.17) is 4.74 Å². The molecule has 0 spiro atoms. The maximum absolute atomic E-state index is 13.9. The molecule has 0 aliphatic rings. The minimum atomic E-state index is -4.23. The Morgan fingerprint density at radius 3 is 2.48 bits per heavy atom. The Morgan fingerprint density at radius 1 is 1.03 bits per heavy atom. The van der Waals surface area contributed by atoms with Crippen LogP contribution < -0.4 is 9.46 Å². The summed E-state index contributed by atoms with van der Waals surface area (Å²) in [5.41, 5.74) is 1.32. The third kappa shape index (κ3) is 5.26. The molecular weight excluding hydrogens is 400 g/mol. The van der Waals surface area contributed by atoms with Crippen LogP contribution in [0, 0.1) is 17.6 Å². The molecule has 9 heteroatoms. The molecule has 0 amide bonds. The zero-order chi connectivity index (χ0) is 21.0. The van der Waals surface area contributed by atoms with E-state index in [-0.39, 0.29) is 5.69 Å². The van der Waals surface area contributed by atoms with Crippen molar-refractivity contribution in [1.29, 1.82) is 0 Å². The first-order valence-electron chi connectivity index (χ1n) is 8.79. The first-order chi connectivity index (χ1) is 13.7. The van der Waals surface area contributed by atoms with Crippen molar-refractivity contribution >= 4 is 15.7 Å². The second-order valence-electron chi connectivity index (χ2n) is 6.72. The molecule has 0 unspecified atom stereocenters. The lowest BCUT2D eigenvalue weighted by Crippen LogP contribution is -2.14. The summed E-state index contributed by atoms with van der Waals surface area (Å²) < 4.78 is 59.5. The second kappa shape index (κ2) is 8.52. The number of ether oxygens (including phenoxy) is 1. The molecule has 1 heterocycles. The normalized spacial score (nSPS) is 11.5. The van der Waals surface area contributed by atoms with E-state index in [1.165, 1.54) is 12.1 Å². The van der Waals surface area contributed by atoms with Crippen LogP contribution in [-0.2, 0) is 10.0 Å². The highest BCUT2D eigenvalue weighted by Gasteiger charge is 2.20. The van der Waals surface area contributed by atoms with Crippen LogP contribution in [-0.4, -0.2) is 25.2 Å². The third-order valence-corrected chi connectivity index (χ3v) is 5.21. The summed E-state index contributed by atoms with van der Waals surface area (Å²) in [6.07, 6.45) is 0. The van der Waals surface area contributed by atoms with E-state index in [1.807, 2.05) is 13.8 Å². The van der Waals surface area contributed by atoms with Crippen LogP contribution in [0.3, 0.4) is 0 Å². The van der Waals surface area contributed by atoms with Gasteiger partial charge in [-0.25, -0.2) is 17.2 Å². The Hall–Kier alpha value is -3.07. The number of rotatable bonds is 7. The number of aromatic nitrogens is 2. The van der Waals surface area contributed by atoms with Crippen molar-refractivity contribution in [2.75, 3.05) is 11.3 Å². The molecule has 0 atom stereocenters. The molecule has 0 saturated heterocycles. The quantitative estimate of drug-likeness (QED) is 0.619. The van der Waals surface area contributed by atoms with Gasteiger partial charge in [0.15, 0.2) is 0 Å². The van der Waals surface area contributed by atoms with Crippen LogP contribution >= 0.6 is 0 Å². The van der Waals surface area contributed by atoms with Gasteiger partial charge in [0, 0.05) is 23.4 Å². The molecule has 3 rings (SSSR count). The van der Waals surface area contributed by atoms with Crippen LogP contribution in [0.2, 0.25) is 0 Å². The van der Waals surface area contributed by atoms with Gasteiger partial charge in [-0.1, -0.05) is 26.0 Å². The van der Waals surface area contributed by atoms with Crippen molar-refractivity contribution in [2.24, 2.45) is 5.92 Å². The number of halogens is 2. The molecule has 29 heavy (non-hydrogen) atoms. The van der Waals surface area contributed by atoms with Gasteiger partial charge in [0.25, 0.3) is 10.0 Å². The van der Waals surface area contributed by atoms with Crippen LogP contribution in [0.25, 0.3) is 11.3 Å². The summed E-state index contributed by atoms with van der Waals surface area (Å²) in [6, 6.07) is 12.1. The molecule has 1 N–H and O–H groups in total. The summed E-state index contributed by atoms with van der Waals surface area (Å²) in [5, 5.41) is 8.10. The summed E-state index contributed by atoms with van der Waals surface area (Å²) in [4.78, 5) is -0.643. The van der Waals surface area contributed by atoms with Crippen LogP contribution in [0.5, 0.6) is 5.88 Å². The number of hydrogen-bond acceptors (Lipinski definition) is 5. The minimum absolute atomic E-state index is 0.202. The van der Waals surface area contributed by atoms with Crippen molar-refractivity contribution in [2.45, 2.75) is 18.7 Å². The third-order valence-electron chi connectivity index (χ3n) is 3.80. The van der Waals surface area contributed by atoms with Gasteiger partial charge in [0.2, 0.25) is 5.88 Å².